The van der Waals surface area contributed by atoms with Crippen molar-refractivity contribution in [3.63, 3.8) is 0 Å². The Morgan fingerprint density at radius 2 is 1.88 bits per heavy atom. The molecule has 0 heterocycles. The van der Waals surface area contributed by atoms with E-state index in [1.54, 1.807) is 13.0 Å². The maximum atomic E-state index is 11.8. The van der Waals surface area contributed by atoms with Crippen molar-refractivity contribution in [3.8, 4) is 5.75 Å². The number of rotatable bonds is 7. The Morgan fingerprint density at radius 1 is 1.20 bits per heavy atom. The first-order valence-electron chi connectivity index (χ1n) is 8.63. The van der Waals surface area contributed by atoms with Crippen LogP contribution >= 0.6 is 0 Å². The minimum atomic E-state index is -0.538. The van der Waals surface area contributed by atoms with Crippen LogP contribution < -0.4 is 15.4 Å². The lowest BCUT2D eigenvalue weighted by molar-refractivity contribution is -0.115. The summed E-state index contributed by atoms with van der Waals surface area (Å²) in [5.41, 5.74) is 0.955. The van der Waals surface area contributed by atoms with Crippen molar-refractivity contribution in [1.29, 1.82) is 0 Å². The zero-order chi connectivity index (χ0) is 19.0. The third-order valence-corrected chi connectivity index (χ3v) is 3.05. The summed E-state index contributed by atoms with van der Waals surface area (Å²) in [6.45, 7) is 12.2. The summed E-state index contributed by atoms with van der Waals surface area (Å²) in [5, 5.41) is 5.55. The summed E-state index contributed by atoms with van der Waals surface area (Å²) in [4.78, 5) is 23.4. The van der Waals surface area contributed by atoms with Gasteiger partial charge in [0.1, 0.15) is 11.4 Å². The average Bonchev–Trinajstić information content (AvgIpc) is 2.50. The monoisotopic (exact) mass is 350 g/mol. The van der Waals surface area contributed by atoms with Crippen LogP contribution in [-0.2, 0) is 16.1 Å². The highest BCUT2D eigenvalue weighted by atomic mass is 16.6. The molecule has 0 unspecified atom stereocenters. The average molecular weight is 350 g/mol. The van der Waals surface area contributed by atoms with Crippen molar-refractivity contribution < 1.29 is 19.1 Å². The molecule has 6 nitrogen and oxygen atoms in total. The lowest BCUT2D eigenvalue weighted by Gasteiger charge is -2.20. The summed E-state index contributed by atoms with van der Waals surface area (Å²) in [6, 6.07) is 5.45. The number of anilines is 1. The van der Waals surface area contributed by atoms with Gasteiger partial charge in [0.05, 0.1) is 12.3 Å². The number of carbonyl (C=O) groups is 2. The molecule has 0 aliphatic rings. The maximum Gasteiger partial charge on any atom is 0.407 e. The fourth-order valence-corrected chi connectivity index (χ4v) is 1.88. The molecule has 6 heteroatoms. The second-order valence-electron chi connectivity index (χ2n) is 7.29. The van der Waals surface area contributed by atoms with Gasteiger partial charge in [-0.15, -0.1) is 0 Å². The molecule has 25 heavy (non-hydrogen) atoms. The van der Waals surface area contributed by atoms with Crippen LogP contribution in [0.3, 0.4) is 0 Å². The third kappa shape index (κ3) is 8.42. The van der Waals surface area contributed by atoms with E-state index >= 15 is 0 Å². The minimum absolute atomic E-state index is 0.0750. The van der Waals surface area contributed by atoms with Gasteiger partial charge in [-0.25, -0.2) is 4.79 Å². The van der Waals surface area contributed by atoms with Gasteiger partial charge in [-0.3, -0.25) is 4.79 Å². The molecule has 0 saturated carbocycles. The summed E-state index contributed by atoms with van der Waals surface area (Å²) < 4.78 is 11.0. The number of amides is 2. The molecule has 0 aromatic heterocycles. The second-order valence-corrected chi connectivity index (χ2v) is 7.29. The van der Waals surface area contributed by atoms with Crippen LogP contribution in [0.2, 0.25) is 0 Å². The topological polar surface area (TPSA) is 76.7 Å². The zero-order valence-corrected chi connectivity index (χ0v) is 16.1. The van der Waals surface area contributed by atoms with Gasteiger partial charge >= 0.3 is 6.09 Å². The first kappa shape index (κ1) is 20.8. The van der Waals surface area contributed by atoms with Crippen LogP contribution in [0.5, 0.6) is 5.75 Å². The molecular weight excluding hydrogens is 320 g/mol. The zero-order valence-electron chi connectivity index (χ0n) is 16.1. The van der Waals surface area contributed by atoms with E-state index in [9.17, 15) is 9.59 Å². The van der Waals surface area contributed by atoms with Gasteiger partial charge in [-0.2, -0.15) is 0 Å². The molecule has 0 atom stereocenters. The molecule has 0 fully saturated rings. The Morgan fingerprint density at radius 3 is 2.44 bits per heavy atom. The summed E-state index contributed by atoms with van der Waals surface area (Å²) in [7, 11) is 0. The highest BCUT2D eigenvalue weighted by Gasteiger charge is 2.16. The standard InChI is InChI=1S/C19H30N2O4/c1-7-17(22)21-15-9-8-14(10-16(15)24-12-13(2)3)11-20-18(23)25-19(4,5)6/h8-10,13H,7,11-12H2,1-6H3,(H,20,23)(H,21,22). The van der Waals surface area contributed by atoms with Crippen LogP contribution in [0.25, 0.3) is 0 Å². The predicted octanol–water partition coefficient (Wildman–Crippen LogP) is 4.09. The van der Waals surface area contributed by atoms with Crippen molar-refractivity contribution in [1.82, 2.24) is 5.32 Å². The van der Waals surface area contributed by atoms with E-state index in [4.69, 9.17) is 9.47 Å². The molecule has 0 saturated heterocycles. The van der Waals surface area contributed by atoms with Gasteiger partial charge < -0.3 is 20.1 Å². The summed E-state index contributed by atoms with van der Waals surface area (Å²) in [6.07, 6.45) is -0.0773. The summed E-state index contributed by atoms with van der Waals surface area (Å²) >= 11 is 0. The number of hydrogen-bond acceptors (Lipinski definition) is 4. The third-order valence-electron chi connectivity index (χ3n) is 3.05. The Balaban J connectivity index is 2.82. The van der Waals surface area contributed by atoms with E-state index in [-0.39, 0.29) is 5.91 Å². The number of benzene rings is 1. The van der Waals surface area contributed by atoms with E-state index in [0.717, 1.165) is 5.56 Å². The van der Waals surface area contributed by atoms with Gasteiger partial charge in [0.15, 0.2) is 0 Å². The molecule has 1 aromatic rings. The molecule has 0 spiro atoms. The van der Waals surface area contributed by atoms with Gasteiger partial charge in [0.25, 0.3) is 0 Å². The van der Waals surface area contributed by atoms with Crippen molar-refractivity contribution in [2.24, 2.45) is 5.92 Å². The fourth-order valence-electron chi connectivity index (χ4n) is 1.88. The quantitative estimate of drug-likeness (QED) is 0.776. The van der Waals surface area contributed by atoms with Crippen molar-refractivity contribution in [2.45, 2.75) is 60.1 Å². The SMILES string of the molecule is CCC(=O)Nc1ccc(CNC(=O)OC(C)(C)C)cc1OCC(C)C. The van der Waals surface area contributed by atoms with Crippen LogP contribution in [0, 0.1) is 5.92 Å². The predicted molar refractivity (Wildman–Crippen MR) is 98.8 cm³/mol. The number of nitrogens with one attached hydrogen (secondary N) is 2. The van der Waals surface area contributed by atoms with E-state index < -0.39 is 11.7 Å². The molecule has 1 rings (SSSR count). The largest absolute Gasteiger partial charge is 0.491 e. The first-order chi connectivity index (χ1) is 11.6. The molecule has 0 aliphatic carbocycles. The number of ether oxygens (including phenoxy) is 2. The van der Waals surface area contributed by atoms with Crippen molar-refractivity contribution >= 4 is 17.7 Å². The van der Waals surface area contributed by atoms with Gasteiger partial charge in [-0.1, -0.05) is 26.8 Å². The first-order valence-corrected chi connectivity index (χ1v) is 8.63. The maximum absolute atomic E-state index is 11.8. The van der Waals surface area contributed by atoms with Crippen LogP contribution in [-0.4, -0.2) is 24.2 Å². The van der Waals surface area contributed by atoms with Gasteiger partial charge in [0, 0.05) is 13.0 Å². The Bertz CT molecular complexity index is 592. The molecular formula is C19H30N2O4. The van der Waals surface area contributed by atoms with Crippen LogP contribution in [0.15, 0.2) is 18.2 Å². The normalized spacial score (nSPS) is 11.2. The van der Waals surface area contributed by atoms with Crippen molar-refractivity contribution in [2.75, 3.05) is 11.9 Å². The lowest BCUT2D eigenvalue weighted by Crippen LogP contribution is -2.32. The Labute approximate surface area is 150 Å². The van der Waals surface area contributed by atoms with Gasteiger partial charge in [-0.05, 0) is 44.4 Å². The molecule has 2 amide bonds. The highest BCUT2D eigenvalue weighted by Crippen LogP contribution is 2.27. The fraction of sp³-hybridized carbons (Fsp3) is 0.579. The Kier molecular flexibility index (Phi) is 7.74. The number of hydrogen-bond donors (Lipinski definition) is 2. The molecule has 140 valence electrons. The lowest BCUT2D eigenvalue weighted by atomic mass is 10.1. The van der Waals surface area contributed by atoms with E-state index in [0.29, 0.717) is 36.9 Å². The van der Waals surface area contributed by atoms with E-state index in [1.807, 2.05) is 32.9 Å². The molecule has 0 aliphatic heterocycles. The van der Waals surface area contributed by atoms with E-state index in [1.165, 1.54) is 0 Å². The highest BCUT2D eigenvalue weighted by molar-refractivity contribution is 5.92. The van der Waals surface area contributed by atoms with E-state index in [2.05, 4.69) is 24.5 Å². The van der Waals surface area contributed by atoms with Gasteiger partial charge in [0.2, 0.25) is 5.91 Å². The molecule has 1 aromatic carbocycles. The number of carbonyl (C=O) groups excluding carboxylic acids is 2. The Hall–Kier alpha value is -2.24. The summed E-state index contributed by atoms with van der Waals surface area (Å²) in [5.74, 6) is 0.881. The van der Waals surface area contributed by atoms with Crippen LogP contribution in [0.1, 0.15) is 53.5 Å². The smallest absolute Gasteiger partial charge is 0.407 e. The second kappa shape index (κ2) is 9.30. The van der Waals surface area contributed by atoms with Crippen molar-refractivity contribution in [3.05, 3.63) is 23.8 Å². The molecule has 2 N–H and O–H groups in total. The minimum Gasteiger partial charge on any atom is -0.491 e. The molecule has 0 radical (unpaired) electrons. The van der Waals surface area contributed by atoms with Crippen LogP contribution in [0.4, 0.5) is 10.5 Å². The number of alkyl carbamates (subject to hydrolysis) is 1. The molecule has 0 bridgehead atoms.